The van der Waals surface area contributed by atoms with Crippen LogP contribution >= 0.6 is 0 Å². The second kappa shape index (κ2) is 7.25. The quantitative estimate of drug-likeness (QED) is 0.836. The highest BCUT2D eigenvalue weighted by Crippen LogP contribution is 2.08. The van der Waals surface area contributed by atoms with Gasteiger partial charge in [0.15, 0.2) is 0 Å². The van der Waals surface area contributed by atoms with Crippen LogP contribution < -0.4 is 5.32 Å². The minimum atomic E-state index is 0.576. The molecule has 1 atom stereocenters. The van der Waals surface area contributed by atoms with Gasteiger partial charge in [0.1, 0.15) is 0 Å². The minimum absolute atomic E-state index is 0.576. The molecule has 1 aromatic heterocycles. The van der Waals surface area contributed by atoms with Crippen LogP contribution in [0.25, 0.3) is 0 Å². The molecule has 0 bridgehead atoms. The molecular formula is C17H25N3. The van der Waals surface area contributed by atoms with E-state index in [2.05, 4.69) is 61.6 Å². The minimum Gasteiger partial charge on any atom is -0.310 e. The van der Waals surface area contributed by atoms with Gasteiger partial charge in [-0.1, -0.05) is 51.1 Å². The van der Waals surface area contributed by atoms with Gasteiger partial charge in [-0.05, 0) is 17.9 Å². The summed E-state index contributed by atoms with van der Waals surface area (Å²) >= 11 is 0. The van der Waals surface area contributed by atoms with Crippen LogP contribution in [0, 0.1) is 5.92 Å². The van der Waals surface area contributed by atoms with Crippen LogP contribution in [-0.2, 0) is 13.1 Å². The Balaban J connectivity index is 1.89. The van der Waals surface area contributed by atoms with E-state index in [1.807, 2.05) is 16.9 Å². The summed E-state index contributed by atoms with van der Waals surface area (Å²) in [5.41, 5.74) is 2.53. The van der Waals surface area contributed by atoms with E-state index in [-0.39, 0.29) is 0 Å². The van der Waals surface area contributed by atoms with Crippen molar-refractivity contribution < 1.29 is 0 Å². The molecule has 0 aliphatic rings. The number of aromatic nitrogens is 2. The smallest absolute Gasteiger partial charge is 0.0659 e. The summed E-state index contributed by atoms with van der Waals surface area (Å²) in [6.45, 7) is 8.49. The SMILES string of the molecule is CCC(NCc1cnn(Cc2ccccc2)c1)C(C)C. The van der Waals surface area contributed by atoms with E-state index in [4.69, 9.17) is 0 Å². The fourth-order valence-electron chi connectivity index (χ4n) is 2.46. The zero-order valence-electron chi connectivity index (χ0n) is 12.7. The van der Waals surface area contributed by atoms with Gasteiger partial charge in [-0.15, -0.1) is 0 Å². The maximum Gasteiger partial charge on any atom is 0.0659 e. The fraction of sp³-hybridized carbons (Fsp3) is 0.471. The van der Waals surface area contributed by atoms with Gasteiger partial charge >= 0.3 is 0 Å². The van der Waals surface area contributed by atoms with Crippen molar-refractivity contribution in [1.29, 1.82) is 0 Å². The van der Waals surface area contributed by atoms with Crippen LogP contribution in [0.2, 0.25) is 0 Å². The Kier molecular flexibility index (Phi) is 5.36. The normalized spacial score (nSPS) is 12.8. The topological polar surface area (TPSA) is 29.9 Å². The van der Waals surface area contributed by atoms with E-state index >= 15 is 0 Å². The molecule has 1 unspecified atom stereocenters. The Hall–Kier alpha value is -1.61. The summed E-state index contributed by atoms with van der Waals surface area (Å²) in [6, 6.07) is 11.0. The molecule has 0 spiro atoms. The molecule has 1 aromatic carbocycles. The molecule has 2 aromatic rings. The first kappa shape index (κ1) is 14.8. The molecule has 2 rings (SSSR count). The van der Waals surface area contributed by atoms with Crippen LogP contribution in [0.3, 0.4) is 0 Å². The van der Waals surface area contributed by atoms with Crippen molar-refractivity contribution in [2.75, 3.05) is 0 Å². The molecule has 0 aliphatic heterocycles. The Bertz CT molecular complexity index is 502. The number of rotatable bonds is 7. The second-order valence-corrected chi connectivity index (χ2v) is 5.67. The molecule has 0 amide bonds. The third-order valence-corrected chi connectivity index (χ3v) is 3.69. The van der Waals surface area contributed by atoms with Crippen molar-refractivity contribution in [3.63, 3.8) is 0 Å². The summed E-state index contributed by atoms with van der Waals surface area (Å²) in [4.78, 5) is 0. The van der Waals surface area contributed by atoms with E-state index < -0.39 is 0 Å². The molecule has 108 valence electrons. The molecule has 0 saturated heterocycles. The third-order valence-electron chi connectivity index (χ3n) is 3.69. The number of hydrogen-bond acceptors (Lipinski definition) is 2. The lowest BCUT2D eigenvalue weighted by molar-refractivity contribution is 0.387. The first-order valence-electron chi connectivity index (χ1n) is 7.47. The van der Waals surface area contributed by atoms with Gasteiger partial charge in [-0.3, -0.25) is 4.68 Å². The van der Waals surface area contributed by atoms with Crippen molar-refractivity contribution >= 4 is 0 Å². The molecule has 3 heteroatoms. The Morgan fingerprint density at radius 3 is 2.55 bits per heavy atom. The summed E-state index contributed by atoms with van der Waals surface area (Å²) in [5.74, 6) is 0.666. The maximum atomic E-state index is 4.44. The van der Waals surface area contributed by atoms with Gasteiger partial charge in [0, 0.05) is 24.3 Å². The molecule has 0 radical (unpaired) electrons. The van der Waals surface area contributed by atoms with E-state index in [9.17, 15) is 0 Å². The zero-order valence-corrected chi connectivity index (χ0v) is 12.7. The third kappa shape index (κ3) is 4.20. The maximum absolute atomic E-state index is 4.44. The first-order valence-corrected chi connectivity index (χ1v) is 7.47. The number of nitrogens with zero attached hydrogens (tertiary/aromatic N) is 2. The molecule has 1 heterocycles. The van der Waals surface area contributed by atoms with Gasteiger partial charge in [0.2, 0.25) is 0 Å². The van der Waals surface area contributed by atoms with Crippen LogP contribution in [0.1, 0.15) is 38.3 Å². The van der Waals surface area contributed by atoms with Gasteiger partial charge in [-0.2, -0.15) is 5.10 Å². The van der Waals surface area contributed by atoms with Gasteiger partial charge in [0.25, 0.3) is 0 Å². The van der Waals surface area contributed by atoms with Crippen LogP contribution in [0.5, 0.6) is 0 Å². The van der Waals surface area contributed by atoms with Crippen LogP contribution in [0.4, 0.5) is 0 Å². The lowest BCUT2D eigenvalue weighted by Crippen LogP contribution is -2.32. The van der Waals surface area contributed by atoms with Gasteiger partial charge < -0.3 is 5.32 Å². The van der Waals surface area contributed by atoms with E-state index in [1.165, 1.54) is 11.1 Å². The second-order valence-electron chi connectivity index (χ2n) is 5.67. The monoisotopic (exact) mass is 271 g/mol. The number of hydrogen-bond donors (Lipinski definition) is 1. The largest absolute Gasteiger partial charge is 0.310 e. The molecule has 3 nitrogen and oxygen atoms in total. The van der Waals surface area contributed by atoms with E-state index in [1.54, 1.807) is 0 Å². The number of nitrogens with one attached hydrogen (secondary N) is 1. The van der Waals surface area contributed by atoms with Crippen molar-refractivity contribution in [2.24, 2.45) is 5.92 Å². The Morgan fingerprint density at radius 1 is 1.15 bits per heavy atom. The Labute approximate surface area is 122 Å². The number of benzene rings is 1. The molecule has 0 fully saturated rings. The first-order chi connectivity index (χ1) is 9.69. The van der Waals surface area contributed by atoms with E-state index in [0.717, 1.165) is 19.5 Å². The molecular weight excluding hydrogens is 246 g/mol. The summed E-state index contributed by atoms with van der Waals surface area (Å²) in [5, 5.41) is 8.05. The predicted molar refractivity (Wildman–Crippen MR) is 83.5 cm³/mol. The summed E-state index contributed by atoms with van der Waals surface area (Å²) in [7, 11) is 0. The molecule has 1 N–H and O–H groups in total. The van der Waals surface area contributed by atoms with Gasteiger partial charge in [0.05, 0.1) is 12.7 Å². The zero-order chi connectivity index (χ0) is 14.4. The standard InChI is InChI=1S/C17H25N3/c1-4-17(14(2)3)18-10-16-11-19-20(13-16)12-15-8-6-5-7-9-15/h5-9,11,13-14,17-18H,4,10,12H2,1-3H3. The lowest BCUT2D eigenvalue weighted by atomic mass is 10.0. The van der Waals surface area contributed by atoms with E-state index in [0.29, 0.717) is 12.0 Å². The predicted octanol–water partition coefficient (Wildman–Crippen LogP) is 3.46. The Morgan fingerprint density at radius 2 is 1.90 bits per heavy atom. The summed E-state index contributed by atoms with van der Waals surface area (Å²) < 4.78 is 2.00. The summed E-state index contributed by atoms with van der Waals surface area (Å²) in [6.07, 6.45) is 5.26. The molecule has 20 heavy (non-hydrogen) atoms. The van der Waals surface area contributed by atoms with Crippen molar-refractivity contribution in [1.82, 2.24) is 15.1 Å². The average molecular weight is 271 g/mol. The highest BCUT2D eigenvalue weighted by molar-refractivity contribution is 5.15. The lowest BCUT2D eigenvalue weighted by Gasteiger charge is -2.20. The highest BCUT2D eigenvalue weighted by Gasteiger charge is 2.10. The van der Waals surface area contributed by atoms with Crippen LogP contribution in [-0.4, -0.2) is 15.8 Å². The highest BCUT2D eigenvalue weighted by atomic mass is 15.3. The molecule has 0 aliphatic carbocycles. The van der Waals surface area contributed by atoms with Crippen molar-refractivity contribution in [3.05, 3.63) is 53.9 Å². The van der Waals surface area contributed by atoms with Crippen molar-refractivity contribution in [2.45, 2.75) is 46.3 Å². The average Bonchev–Trinajstić information content (AvgIpc) is 2.88. The van der Waals surface area contributed by atoms with Gasteiger partial charge in [-0.25, -0.2) is 0 Å². The van der Waals surface area contributed by atoms with Crippen molar-refractivity contribution in [3.8, 4) is 0 Å². The fourth-order valence-corrected chi connectivity index (χ4v) is 2.46. The molecule has 0 saturated carbocycles. The van der Waals surface area contributed by atoms with Crippen LogP contribution in [0.15, 0.2) is 42.7 Å².